The molecule has 0 aromatic rings. The predicted molar refractivity (Wildman–Crippen MR) is 33.7 cm³/mol. The summed E-state index contributed by atoms with van der Waals surface area (Å²) in [5.74, 6) is 0. The van der Waals surface area contributed by atoms with Gasteiger partial charge in [-0.15, -0.1) is 11.8 Å². The van der Waals surface area contributed by atoms with Gasteiger partial charge in [-0.25, -0.2) is 0 Å². The lowest BCUT2D eigenvalue weighted by Gasteiger charge is -1.69. The quantitative estimate of drug-likeness (QED) is 0.459. The summed E-state index contributed by atoms with van der Waals surface area (Å²) in [6.07, 6.45) is 8.77. The summed E-state index contributed by atoms with van der Waals surface area (Å²) in [6.45, 7) is 0. The fourth-order valence-electron chi connectivity index (χ4n) is 0.320. The van der Waals surface area contributed by atoms with Crippen LogP contribution < -0.4 is 0 Å². The molecule has 1 rings (SSSR count). The van der Waals surface area contributed by atoms with Crippen LogP contribution in [0.3, 0.4) is 0 Å². The fourth-order valence-corrected chi connectivity index (χ4v) is 0.737. The number of hydrogen-bond acceptors (Lipinski definition) is 1. The van der Waals surface area contributed by atoms with E-state index < -0.39 is 0 Å². The van der Waals surface area contributed by atoms with Gasteiger partial charge in [0.1, 0.15) is 0 Å². The van der Waals surface area contributed by atoms with Crippen molar-refractivity contribution < 1.29 is 0 Å². The lowest BCUT2D eigenvalue weighted by molar-refractivity contribution is 1.92. The Morgan fingerprint density at radius 1 is 1.29 bits per heavy atom. The van der Waals surface area contributed by atoms with E-state index in [-0.39, 0.29) is 0 Å². The molecule has 35 valence electrons. The van der Waals surface area contributed by atoms with Gasteiger partial charge in [0.05, 0.1) is 0 Å². The van der Waals surface area contributed by atoms with E-state index in [1.807, 2.05) is 29.0 Å². The molecule has 1 heterocycles. The van der Waals surface area contributed by atoms with Crippen molar-refractivity contribution in [3.63, 3.8) is 0 Å². The van der Waals surface area contributed by atoms with Crippen LogP contribution in [-0.4, -0.2) is 0 Å². The van der Waals surface area contributed by atoms with Gasteiger partial charge in [0, 0.05) is 0 Å². The lowest BCUT2D eigenvalue weighted by atomic mass is 10.5. The normalized spacial score (nSPS) is 17.1. The molecule has 1 heteroatoms. The van der Waals surface area contributed by atoms with Crippen molar-refractivity contribution in [2.75, 3.05) is 0 Å². The number of thioether (sulfide) groups is 1. The number of hydrogen-bond donors (Lipinski definition) is 0. The van der Waals surface area contributed by atoms with Crippen LogP contribution in [0.4, 0.5) is 0 Å². The summed E-state index contributed by atoms with van der Waals surface area (Å²) < 4.78 is 0. The molecule has 0 amide bonds. The maximum atomic E-state index is 2.94. The Hall–Kier alpha value is -0.430. The zero-order valence-corrected chi connectivity index (χ0v) is 4.61. The van der Waals surface area contributed by atoms with Gasteiger partial charge >= 0.3 is 0 Å². The maximum Gasteiger partial charge on any atom is -0.0112 e. The molecule has 0 atom stereocenters. The van der Waals surface area contributed by atoms with Gasteiger partial charge < -0.3 is 0 Å². The number of allylic oxidation sites excluding steroid dienone is 4. The molecule has 7 heavy (non-hydrogen) atoms. The van der Waals surface area contributed by atoms with Crippen LogP contribution in [0, 0.1) is 6.08 Å². The third-order valence-electron chi connectivity index (χ3n) is 0.597. The van der Waals surface area contributed by atoms with Gasteiger partial charge in [-0.2, -0.15) is 0 Å². The van der Waals surface area contributed by atoms with Crippen LogP contribution in [0.25, 0.3) is 0 Å². The van der Waals surface area contributed by atoms with E-state index in [1.165, 1.54) is 0 Å². The third-order valence-corrected chi connectivity index (χ3v) is 1.18. The van der Waals surface area contributed by atoms with Crippen LogP contribution in [0.1, 0.15) is 0 Å². The molecule has 0 bridgehead atoms. The minimum Gasteiger partial charge on any atom is -0.105 e. The van der Waals surface area contributed by atoms with Crippen LogP contribution in [0.2, 0.25) is 0 Å². The zero-order valence-electron chi connectivity index (χ0n) is 3.79. The molecule has 0 N–H and O–H groups in total. The van der Waals surface area contributed by atoms with Crippen molar-refractivity contribution in [2.24, 2.45) is 0 Å². The Morgan fingerprint density at radius 2 is 2.29 bits per heavy atom. The van der Waals surface area contributed by atoms with E-state index in [0.717, 1.165) is 0 Å². The van der Waals surface area contributed by atoms with E-state index >= 15 is 0 Å². The van der Waals surface area contributed by atoms with E-state index in [9.17, 15) is 0 Å². The lowest BCUT2D eigenvalue weighted by Crippen LogP contribution is -1.40. The zero-order chi connectivity index (χ0) is 4.95. The molecule has 0 saturated carbocycles. The standard InChI is InChI=1S/C6H5S/c1-2-4-6-7-5-3-1/h1-3,5-6H. The smallest absolute Gasteiger partial charge is 0.0112 e. The first-order valence-corrected chi connectivity index (χ1v) is 2.99. The Labute approximate surface area is 47.6 Å². The average Bonchev–Trinajstić information content (AvgIpc) is 1.90. The van der Waals surface area contributed by atoms with Gasteiger partial charge in [-0.3, -0.25) is 0 Å². The highest BCUT2D eigenvalue weighted by atomic mass is 32.2. The molecule has 0 spiro atoms. The molecule has 0 nitrogen and oxygen atoms in total. The Morgan fingerprint density at radius 3 is 3.29 bits per heavy atom. The highest BCUT2D eigenvalue weighted by molar-refractivity contribution is 8.04. The van der Waals surface area contributed by atoms with Crippen LogP contribution in [0.5, 0.6) is 0 Å². The van der Waals surface area contributed by atoms with Crippen LogP contribution in [-0.2, 0) is 0 Å². The molecular weight excluding hydrogens is 104 g/mol. The molecule has 0 unspecified atom stereocenters. The Bertz CT molecular complexity index is 106. The highest BCUT2D eigenvalue weighted by Crippen LogP contribution is 2.05. The Kier molecular flexibility index (Phi) is 1.82. The molecule has 0 aromatic carbocycles. The van der Waals surface area contributed by atoms with E-state index in [2.05, 4.69) is 6.08 Å². The summed E-state index contributed by atoms with van der Waals surface area (Å²) in [4.78, 5) is 0. The van der Waals surface area contributed by atoms with Gasteiger partial charge in [-0.1, -0.05) is 18.2 Å². The topological polar surface area (TPSA) is 0 Å². The molecule has 1 aliphatic heterocycles. The molecule has 1 radical (unpaired) electrons. The van der Waals surface area contributed by atoms with E-state index in [0.29, 0.717) is 0 Å². The van der Waals surface area contributed by atoms with Gasteiger partial charge in [0.2, 0.25) is 0 Å². The summed E-state index contributed by atoms with van der Waals surface area (Å²) in [7, 11) is 0. The summed E-state index contributed by atoms with van der Waals surface area (Å²) >= 11 is 1.64. The largest absolute Gasteiger partial charge is 0.105 e. The van der Waals surface area contributed by atoms with Crippen molar-refractivity contribution in [1.29, 1.82) is 0 Å². The summed E-state index contributed by atoms with van der Waals surface area (Å²) in [5.41, 5.74) is 0. The van der Waals surface area contributed by atoms with E-state index in [4.69, 9.17) is 0 Å². The monoisotopic (exact) mass is 109 g/mol. The van der Waals surface area contributed by atoms with Gasteiger partial charge in [0.25, 0.3) is 0 Å². The van der Waals surface area contributed by atoms with Crippen molar-refractivity contribution in [3.8, 4) is 0 Å². The molecule has 0 saturated heterocycles. The summed E-state index contributed by atoms with van der Waals surface area (Å²) in [5, 5.41) is 3.93. The Balaban J connectivity index is 2.60. The second-order valence-corrected chi connectivity index (χ2v) is 1.89. The first-order chi connectivity index (χ1) is 3.50. The first kappa shape index (κ1) is 4.72. The average molecular weight is 109 g/mol. The third kappa shape index (κ3) is 1.64. The minimum absolute atomic E-state index is 1.64. The van der Waals surface area contributed by atoms with E-state index in [1.54, 1.807) is 11.8 Å². The van der Waals surface area contributed by atoms with Crippen LogP contribution in [0.15, 0.2) is 29.0 Å². The van der Waals surface area contributed by atoms with Gasteiger partial charge in [0.15, 0.2) is 0 Å². The number of rotatable bonds is 0. The summed E-state index contributed by atoms with van der Waals surface area (Å²) in [6, 6.07) is 0. The first-order valence-electron chi connectivity index (χ1n) is 2.05. The second kappa shape index (κ2) is 2.69. The minimum atomic E-state index is 1.64. The highest BCUT2D eigenvalue weighted by Gasteiger charge is 1.71. The molecule has 1 aliphatic rings. The molecular formula is C6H5S. The van der Waals surface area contributed by atoms with Gasteiger partial charge in [-0.05, 0) is 16.9 Å². The van der Waals surface area contributed by atoms with Crippen molar-refractivity contribution in [1.82, 2.24) is 0 Å². The van der Waals surface area contributed by atoms with Crippen LogP contribution >= 0.6 is 11.8 Å². The van der Waals surface area contributed by atoms with Crippen molar-refractivity contribution in [3.05, 3.63) is 35.1 Å². The SMILES string of the molecule is [C]1=CSC=CC=C1. The predicted octanol–water partition coefficient (Wildman–Crippen LogP) is 2.12. The van der Waals surface area contributed by atoms with Crippen molar-refractivity contribution >= 4 is 11.8 Å². The fraction of sp³-hybridized carbons (Fsp3) is 0. The molecule has 0 fully saturated rings. The maximum absolute atomic E-state index is 2.94. The second-order valence-electron chi connectivity index (χ2n) is 1.11. The molecule has 0 aliphatic carbocycles. The molecule has 0 aromatic heterocycles. The van der Waals surface area contributed by atoms with Crippen molar-refractivity contribution in [2.45, 2.75) is 0 Å².